The van der Waals surface area contributed by atoms with Crippen molar-refractivity contribution >= 4 is 42.4 Å². The highest BCUT2D eigenvalue weighted by Gasteiger charge is 2.14. The van der Waals surface area contributed by atoms with Gasteiger partial charge in [0.05, 0.1) is 0 Å². The number of aryl methyl sites for hydroxylation is 1. The van der Waals surface area contributed by atoms with Gasteiger partial charge in [-0.3, -0.25) is 0 Å². The molecule has 0 radical (unpaired) electrons. The Morgan fingerprint density at radius 3 is 2.25 bits per heavy atom. The maximum Gasteiger partial charge on any atom is 0.242 e. The molecule has 0 bridgehead atoms. The van der Waals surface area contributed by atoms with E-state index in [-0.39, 0.29) is 6.61 Å². The molecule has 0 heterocycles. The van der Waals surface area contributed by atoms with Crippen molar-refractivity contribution in [3.05, 3.63) is 29.8 Å². The van der Waals surface area contributed by atoms with Crippen molar-refractivity contribution in [2.45, 2.75) is 63.7 Å². The van der Waals surface area contributed by atoms with Crippen molar-refractivity contribution in [1.29, 1.82) is 0 Å². The minimum atomic E-state index is -3.00. The first-order chi connectivity index (χ1) is 11.4. The fraction of sp³-hybridized carbons (Fsp3) is 0.647. The highest BCUT2D eigenvalue weighted by atomic mass is 32.9. The fourth-order valence-corrected chi connectivity index (χ4v) is 4.32. The van der Waals surface area contributed by atoms with Gasteiger partial charge >= 0.3 is 0 Å². The van der Waals surface area contributed by atoms with Gasteiger partial charge in [0.1, 0.15) is 17.8 Å². The molecule has 2 atom stereocenters. The molecule has 0 saturated heterocycles. The molecule has 24 heavy (non-hydrogen) atoms. The minimum Gasteiger partial charge on any atom is -0.490 e. The van der Waals surface area contributed by atoms with Gasteiger partial charge in [0, 0.05) is 0 Å². The van der Waals surface area contributed by atoms with Crippen LogP contribution in [0.5, 0.6) is 5.75 Å². The predicted octanol–water partition coefficient (Wildman–Crippen LogP) is 5.78. The van der Waals surface area contributed by atoms with E-state index in [1.54, 1.807) is 0 Å². The van der Waals surface area contributed by atoms with Crippen molar-refractivity contribution < 1.29 is 14.2 Å². The van der Waals surface area contributed by atoms with E-state index < -0.39 is 11.1 Å². The van der Waals surface area contributed by atoms with E-state index in [0.29, 0.717) is 0 Å². The third-order valence-corrected chi connectivity index (χ3v) is 5.13. The lowest BCUT2D eigenvalue weighted by atomic mass is 10.0. The molecule has 0 aliphatic heterocycles. The van der Waals surface area contributed by atoms with Crippen molar-refractivity contribution in [2.75, 3.05) is 6.61 Å². The summed E-state index contributed by atoms with van der Waals surface area (Å²) in [6, 6.07) is 8.09. The Balaban J connectivity index is 2.20. The van der Waals surface area contributed by atoms with E-state index in [0.717, 1.165) is 12.2 Å². The first kappa shape index (κ1) is 22.3. The van der Waals surface area contributed by atoms with E-state index in [2.05, 4.69) is 43.9 Å². The van der Waals surface area contributed by atoms with Gasteiger partial charge < -0.3 is 14.2 Å². The van der Waals surface area contributed by atoms with Crippen molar-refractivity contribution in [3.8, 4) is 5.75 Å². The van der Waals surface area contributed by atoms with Gasteiger partial charge in [-0.2, -0.15) is 0 Å². The third kappa shape index (κ3) is 11.8. The van der Waals surface area contributed by atoms with Crippen LogP contribution in [0.1, 0.15) is 57.4 Å². The first-order valence-corrected chi connectivity index (χ1v) is 12.9. The topological polar surface area (TPSA) is 38.7 Å². The van der Waals surface area contributed by atoms with E-state index in [9.17, 15) is 4.89 Å². The lowest BCUT2D eigenvalue weighted by molar-refractivity contribution is 0.198. The lowest BCUT2D eigenvalue weighted by Gasteiger charge is -2.16. The molecule has 0 aromatic heterocycles. The smallest absolute Gasteiger partial charge is 0.242 e. The Morgan fingerprint density at radius 2 is 1.67 bits per heavy atom. The summed E-state index contributed by atoms with van der Waals surface area (Å²) < 4.78 is 10.6. The molecule has 1 N–H and O–H groups in total. The number of hydrogen-bond acceptors (Lipinski definition) is 4. The predicted molar refractivity (Wildman–Crippen MR) is 113 cm³/mol. The molecule has 2 unspecified atom stereocenters. The summed E-state index contributed by atoms with van der Waals surface area (Å²) in [4.78, 5) is 9.35. The standard InChI is InChI=1S/C17H29O3PS3/c1-2-3-4-5-6-7-8-9-15-10-12-16(13-11-15)19-14-17(22)20-21(18,23)24/h10-13,17,22H,2-9,14H2,1H3,(H2,18,23,24). The number of ether oxygens (including phenoxy) is 1. The summed E-state index contributed by atoms with van der Waals surface area (Å²) >= 11 is 12.7. The van der Waals surface area contributed by atoms with E-state index in [1.807, 2.05) is 12.1 Å². The van der Waals surface area contributed by atoms with Crippen LogP contribution in [0.25, 0.3) is 0 Å². The van der Waals surface area contributed by atoms with Crippen LogP contribution in [0.3, 0.4) is 0 Å². The second kappa shape index (κ2) is 12.6. The Morgan fingerprint density at radius 1 is 1.08 bits per heavy atom. The number of unbranched alkanes of at least 4 members (excludes halogenated alkanes) is 6. The fourth-order valence-electron chi connectivity index (χ4n) is 2.40. The summed E-state index contributed by atoms with van der Waals surface area (Å²) in [6.45, 7) is 2.46. The van der Waals surface area contributed by atoms with Gasteiger partial charge in [0.2, 0.25) is 5.69 Å². The molecular formula is C17H29O3PS3. The van der Waals surface area contributed by atoms with Gasteiger partial charge in [-0.15, -0.1) is 12.6 Å². The second-order valence-corrected chi connectivity index (χ2v) is 11.6. The number of benzene rings is 1. The Hall–Kier alpha value is 0.290. The van der Waals surface area contributed by atoms with Crippen LogP contribution in [0.4, 0.5) is 0 Å². The highest BCUT2D eigenvalue weighted by molar-refractivity contribution is 8.59. The zero-order valence-electron chi connectivity index (χ0n) is 14.3. The van der Waals surface area contributed by atoms with Gasteiger partial charge in [-0.25, -0.2) is 0 Å². The van der Waals surface area contributed by atoms with Gasteiger partial charge in [-0.05, 0) is 42.3 Å². The van der Waals surface area contributed by atoms with Crippen LogP contribution in [0, 0.1) is 0 Å². The summed E-state index contributed by atoms with van der Waals surface area (Å²) in [5, 5.41) is 0. The molecule has 0 fully saturated rings. The van der Waals surface area contributed by atoms with E-state index in [4.69, 9.17) is 21.1 Å². The molecule has 1 aromatic carbocycles. The molecule has 0 amide bonds. The molecule has 0 aliphatic rings. The third-order valence-electron chi connectivity index (χ3n) is 3.64. The van der Waals surface area contributed by atoms with Crippen LogP contribution in [-0.4, -0.2) is 16.9 Å². The zero-order valence-corrected chi connectivity index (χ0v) is 17.8. The molecular weight excluding hydrogens is 379 g/mol. The second-order valence-electron chi connectivity index (χ2n) is 5.88. The number of hydrogen-bond donors (Lipinski definition) is 3. The average molecular weight is 409 g/mol. The SMILES string of the molecule is CCCCCCCCCc1ccc(OCC(S)OP(O)(=S)S)cc1. The maximum atomic E-state index is 9.35. The van der Waals surface area contributed by atoms with Crippen LogP contribution in [0.2, 0.25) is 0 Å². The van der Waals surface area contributed by atoms with Crippen LogP contribution >= 0.6 is 30.6 Å². The van der Waals surface area contributed by atoms with Crippen molar-refractivity contribution in [3.63, 3.8) is 0 Å². The number of thiol groups is 2. The zero-order chi connectivity index (χ0) is 17.8. The monoisotopic (exact) mass is 408 g/mol. The van der Waals surface area contributed by atoms with Crippen LogP contribution in [-0.2, 0) is 22.8 Å². The molecule has 1 rings (SSSR count). The molecule has 138 valence electrons. The van der Waals surface area contributed by atoms with Gasteiger partial charge in [-0.1, -0.05) is 69.8 Å². The molecule has 3 nitrogen and oxygen atoms in total. The first-order valence-electron chi connectivity index (χ1n) is 8.54. The summed E-state index contributed by atoms with van der Waals surface area (Å²) in [6.07, 6.45) is 10.4. The summed E-state index contributed by atoms with van der Waals surface area (Å²) in [5.41, 5.74) is -2.27. The summed E-state index contributed by atoms with van der Waals surface area (Å²) in [7, 11) is 0. The van der Waals surface area contributed by atoms with Gasteiger partial charge in [0.25, 0.3) is 0 Å². The van der Waals surface area contributed by atoms with Crippen molar-refractivity contribution in [2.24, 2.45) is 0 Å². The molecule has 0 spiro atoms. The molecule has 1 aromatic rings. The molecule has 7 heteroatoms. The minimum absolute atomic E-state index is 0.208. The van der Waals surface area contributed by atoms with Crippen LogP contribution in [0.15, 0.2) is 24.3 Å². The Bertz CT molecular complexity index is 490. The normalized spacial score (nSPS) is 15.0. The quantitative estimate of drug-likeness (QED) is 0.167. The molecule has 0 saturated carbocycles. The average Bonchev–Trinajstić information content (AvgIpc) is 2.51. The van der Waals surface area contributed by atoms with Gasteiger partial charge in [0.15, 0.2) is 0 Å². The Labute approximate surface area is 162 Å². The van der Waals surface area contributed by atoms with E-state index in [1.165, 1.54) is 50.5 Å². The number of rotatable bonds is 13. The lowest BCUT2D eigenvalue weighted by Crippen LogP contribution is -2.13. The maximum absolute atomic E-state index is 9.35. The van der Waals surface area contributed by atoms with Crippen molar-refractivity contribution in [1.82, 2.24) is 0 Å². The van der Waals surface area contributed by atoms with Crippen LogP contribution < -0.4 is 4.74 Å². The summed E-state index contributed by atoms with van der Waals surface area (Å²) in [5.74, 6) is 0.756. The molecule has 0 aliphatic carbocycles. The highest BCUT2D eigenvalue weighted by Crippen LogP contribution is 2.48. The van der Waals surface area contributed by atoms with E-state index >= 15 is 0 Å². The Kier molecular flexibility index (Phi) is 11.7. The largest absolute Gasteiger partial charge is 0.490 e.